The van der Waals surface area contributed by atoms with Crippen molar-refractivity contribution in [3.63, 3.8) is 0 Å². The van der Waals surface area contributed by atoms with Crippen LogP contribution in [-0.2, 0) is 14.8 Å². The smallest absolute Gasteiger partial charge is 0.243 e. The minimum atomic E-state index is -3.63. The van der Waals surface area contributed by atoms with Gasteiger partial charge in [-0.3, -0.25) is 4.90 Å². The summed E-state index contributed by atoms with van der Waals surface area (Å²) >= 11 is 11.8. The number of nitrogens with zero attached hydrogens (tertiary/aromatic N) is 2. The Hall–Kier alpha value is -1.69. The lowest BCUT2D eigenvalue weighted by atomic mass is 10.2. The van der Waals surface area contributed by atoms with Crippen LogP contribution in [0.5, 0.6) is 0 Å². The molecule has 0 spiro atoms. The lowest BCUT2D eigenvalue weighted by Crippen LogP contribution is -2.40. The normalized spacial score (nSPS) is 19.0. The Morgan fingerprint density at radius 3 is 2.59 bits per heavy atom. The number of morpholine rings is 1. The molecular weight excluding hydrogens is 472 g/mol. The Kier molecular flexibility index (Phi) is 7.70. The van der Waals surface area contributed by atoms with E-state index >= 15 is 0 Å². The molecule has 0 saturated carbocycles. The van der Waals surface area contributed by atoms with Gasteiger partial charge in [-0.05, 0) is 68.5 Å². The van der Waals surface area contributed by atoms with Gasteiger partial charge in [0.2, 0.25) is 10.0 Å². The molecule has 174 valence electrons. The first-order chi connectivity index (χ1) is 15.4. The van der Waals surface area contributed by atoms with Crippen LogP contribution in [0.25, 0.3) is 0 Å². The fraction of sp³-hybridized carbons (Fsp3) is 0.476. The predicted octanol–water partition coefficient (Wildman–Crippen LogP) is 3.08. The molecule has 0 radical (unpaired) electrons. The van der Waals surface area contributed by atoms with E-state index in [-0.39, 0.29) is 10.9 Å². The van der Waals surface area contributed by atoms with Crippen molar-refractivity contribution in [1.29, 1.82) is 0 Å². The van der Waals surface area contributed by atoms with E-state index in [1.165, 1.54) is 29.3 Å². The summed E-state index contributed by atoms with van der Waals surface area (Å²) in [6.45, 7) is 4.03. The number of likely N-dealkylation sites (tertiary alicyclic amines) is 1. The average Bonchev–Trinajstić information content (AvgIpc) is 3.51. The van der Waals surface area contributed by atoms with E-state index in [0.717, 1.165) is 18.8 Å². The maximum atomic E-state index is 13.0. The highest BCUT2D eigenvalue weighted by Gasteiger charge is 2.28. The van der Waals surface area contributed by atoms with Gasteiger partial charge in [0.15, 0.2) is 5.11 Å². The average molecular weight is 499 g/mol. The third-order valence-corrected chi connectivity index (χ3v) is 8.17. The molecule has 11 heteroatoms. The first-order valence-electron chi connectivity index (χ1n) is 10.6. The van der Waals surface area contributed by atoms with Crippen LogP contribution in [0.1, 0.15) is 24.6 Å². The van der Waals surface area contributed by atoms with E-state index in [1.807, 2.05) is 12.1 Å². The Morgan fingerprint density at radius 2 is 1.91 bits per heavy atom. The molecule has 2 saturated heterocycles. The van der Waals surface area contributed by atoms with Gasteiger partial charge < -0.3 is 19.8 Å². The molecule has 1 aromatic carbocycles. The van der Waals surface area contributed by atoms with Crippen molar-refractivity contribution in [3.05, 3.63) is 47.4 Å². The molecule has 4 rings (SSSR count). The van der Waals surface area contributed by atoms with Crippen molar-refractivity contribution in [1.82, 2.24) is 14.5 Å². The van der Waals surface area contributed by atoms with Gasteiger partial charge in [0, 0.05) is 19.6 Å². The quantitative estimate of drug-likeness (QED) is 0.563. The lowest BCUT2D eigenvalue weighted by Gasteiger charge is -2.27. The number of sulfonamides is 1. The number of rotatable bonds is 7. The van der Waals surface area contributed by atoms with E-state index in [9.17, 15) is 8.42 Å². The Bertz CT molecular complexity index is 1020. The van der Waals surface area contributed by atoms with Crippen LogP contribution in [0.3, 0.4) is 0 Å². The fourth-order valence-electron chi connectivity index (χ4n) is 4.00. The summed E-state index contributed by atoms with van der Waals surface area (Å²) in [5, 5.41) is 7.03. The summed E-state index contributed by atoms with van der Waals surface area (Å²) in [4.78, 5) is 2.54. The second kappa shape index (κ2) is 10.5. The lowest BCUT2D eigenvalue weighted by molar-refractivity contribution is 0.0730. The van der Waals surface area contributed by atoms with E-state index in [4.69, 9.17) is 33.0 Å². The van der Waals surface area contributed by atoms with Crippen molar-refractivity contribution in [2.75, 3.05) is 51.3 Å². The molecule has 0 amide bonds. The molecule has 1 atom stereocenters. The van der Waals surface area contributed by atoms with Gasteiger partial charge >= 0.3 is 0 Å². The number of thiocarbonyl (C=S) groups is 1. The van der Waals surface area contributed by atoms with Gasteiger partial charge in [-0.15, -0.1) is 0 Å². The molecule has 0 aliphatic carbocycles. The third kappa shape index (κ3) is 5.44. The van der Waals surface area contributed by atoms with Crippen molar-refractivity contribution in [3.8, 4) is 0 Å². The molecule has 2 aliphatic heterocycles. The summed E-state index contributed by atoms with van der Waals surface area (Å²) in [7, 11) is -3.63. The zero-order valence-electron chi connectivity index (χ0n) is 17.6. The van der Waals surface area contributed by atoms with Crippen LogP contribution in [0.4, 0.5) is 5.69 Å². The topological polar surface area (TPSA) is 87.0 Å². The first kappa shape index (κ1) is 23.5. The molecule has 1 aromatic heterocycles. The number of furan rings is 1. The predicted molar refractivity (Wildman–Crippen MR) is 128 cm³/mol. The van der Waals surface area contributed by atoms with Gasteiger partial charge in [0.05, 0.1) is 41.1 Å². The SMILES string of the molecule is O=S(=O)(c1ccc(Cl)c(NC(=S)NCC(c2ccco2)N2CCCC2)c1)N1CCOCC1. The van der Waals surface area contributed by atoms with Gasteiger partial charge in [-0.2, -0.15) is 4.31 Å². The standard InChI is InChI=1S/C21H27ClN4O4S2/c22-17-6-5-16(32(27,28)26-9-12-29-13-10-26)14-18(17)24-21(31)23-15-19(20-4-3-11-30-20)25-7-1-2-8-25/h3-6,11,14,19H,1-2,7-10,12-13,15H2,(H2,23,24,31). The van der Waals surface area contributed by atoms with Gasteiger partial charge in [-0.1, -0.05) is 11.6 Å². The van der Waals surface area contributed by atoms with Crippen LogP contribution in [0.2, 0.25) is 5.02 Å². The van der Waals surface area contributed by atoms with Gasteiger partial charge in [0.25, 0.3) is 0 Å². The molecule has 8 nitrogen and oxygen atoms in total. The number of anilines is 1. The van der Waals surface area contributed by atoms with Crippen LogP contribution in [0.15, 0.2) is 45.9 Å². The van der Waals surface area contributed by atoms with E-state index in [2.05, 4.69) is 15.5 Å². The zero-order valence-corrected chi connectivity index (χ0v) is 20.0. The third-order valence-electron chi connectivity index (χ3n) is 5.70. The highest BCUT2D eigenvalue weighted by molar-refractivity contribution is 7.89. The summed E-state index contributed by atoms with van der Waals surface area (Å²) in [5.74, 6) is 0.888. The van der Waals surface area contributed by atoms with Crippen LogP contribution < -0.4 is 10.6 Å². The molecule has 2 N–H and O–H groups in total. The van der Waals surface area contributed by atoms with Crippen molar-refractivity contribution < 1.29 is 17.6 Å². The second-order valence-electron chi connectivity index (χ2n) is 7.77. The number of nitrogens with one attached hydrogen (secondary N) is 2. The maximum absolute atomic E-state index is 13.0. The monoisotopic (exact) mass is 498 g/mol. The Balaban J connectivity index is 1.43. The van der Waals surface area contributed by atoms with E-state index in [1.54, 1.807) is 12.3 Å². The molecule has 32 heavy (non-hydrogen) atoms. The second-order valence-corrected chi connectivity index (χ2v) is 10.5. The molecular formula is C21H27ClN4O4S2. The van der Waals surface area contributed by atoms with Gasteiger partial charge in [-0.25, -0.2) is 8.42 Å². The zero-order chi connectivity index (χ0) is 22.6. The largest absolute Gasteiger partial charge is 0.468 e. The minimum Gasteiger partial charge on any atom is -0.468 e. The van der Waals surface area contributed by atoms with Crippen LogP contribution in [0, 0.1) is 0 Å². The van der Waals surface area contributed by atoms with Gasteiger partial charge in [0.1, 0.15) is 5.76 Å². The summed E-state index contributed by atoms with van der Waals surface area (Å²) in [6.07, 6.45) is 4.01. The number of benzene rings is 1. The summed E-state index contributed by atoms with van der Waals surface area (Å²) in [6, 6.07) is 8.51. The molecule has 2 aliphatic rings. The highest BCUT2D eigenvalue weighted by Crippen LogP contribution is 2.28. The molecule has 0 bridgehead atoms. The molecule has 2 aromatic rings. The minimum absolute atomic E-state index is 0.0655. The van der Waals surface area contributed by atoms with Crippen LogP contribution >= 0.6 is 23.8 Å². The van der Waals surface area contributed by atoms with E-state index in [0.29, 0.717) is 48.7 Å². The Labute approximate surface area is 198 Å². The fourth-order valence-corrected chi connectivity index (χ4v) is 5.79. The van der Waals surface area contributed by atoms with Crippen molar-refractivity contribution in [2.45, 2.75) is 23.8 Å². The Morgan fingerprint density at radius 1 is 1.16 bits per heavy atom. The number of hydrogen-bond acceptors (Lipinski definition) is 6. The highest BCUT2D eigenvalue weighted by atomic mass is 35.5. The summed E-state index contributed by atoms with van der Waals surface area (Å²) in [5.41, 5.74) is 0.439. The number of halogens is 1. The maximum Gasteiger partial charge on any atom is 0.243 e. The first-order valence-corrected chi connectivity index (χ1v) is 12.9. The number of ether oxygens (including phenoxy) is 1. The summed E-state index contributed by atoms with van der Waals surface area (Å²) < 4.78 is 38.3. The molecule has 2 fully saturated rings. The van der Waals surface area contributed by atoms with Crippen molar-refractivity contribution >= 4 is 44.6 Å². The molecule has 3 heterocycles. The number of hydrogen-bond donors (Lipinski definition) is 2. The van der Waals surface area contributed by atoms with Crippen LogP contribution in [-0.4, -0.2) is 68.7 Å². The molecule has 1 unspecified atom stereocenters. The van der Waals surface area contributed by atoms with Crippen molar-refractivity contribution in [2.24, 2.45) is 0 Å². The van der Waals surface area contributed by atoms with E-state index < -0.39 is 10.0 Å².